The summed E-state index contributed by atoms with van der Waals surface area (Å²) < 4.78 is 5.14. The van der Waals surface area contributed by atoms with E-state index >= 15 is 0 Å². The highest BCUT2D eigenvalue weighted by atomic mass is 16.5. The van der Waals surface area contributed by atoms with Gasteiger partial charge in [0.25, 0.3) is 0 Å². The molecule has 76 valence electrons. The van der Waals surface area contributed by atoms with Crippen molar-refractivity contribution in [2.75, 3.05) is 0 Å². The number of fused-ring (bicyclic) bond motifs is 1. The second-order valence-corrected chi connectivity index (χ2v) is 3.01. The van der Waals surface area contributed by atoms with Crippen molar-refractivity contribution in [1.29, 1.82) is 0 Å². The van der Waals surface area contributed by atoms with Crippen molar-refractivity contribution in [3.63, 3.8) is 0 Å². The van der Waals surface area contributed by atoms with Crippen molar-refractivity contribution in [2.45, 2.75) is 13.3 Å². The number of ether oxygens (including phenoxy) is 1. The molecule has 0 saturated heterocycles. The highest BCUT2D eigenvalue weighted by Crippen LogP contribution is 2.21. The molecule has 4 heteroatoms. The van der Waals surface area contributed by atoms with Crippen LogP contribution in [0.25, 0.3) is 11.0 Å². The topological polar surface area (TPSA) is 52.1 Å². The molecule has 2 aromatic heterocycles. The van der Waals surface area contributed by atoms with Crippen LogP contribution >= 0.6 is 0 Å². The molecular weight excluding hydrogens is 192 g/mol. The first-order chi connectivity index (χ1) is 7.31. The summed E-state index contributed by atoms with van der Waals surface area (Å²) in [5, 5.41) is 0. The summed E-state index contributed by atoms with van der Waals surface area (Å²) in [5.74, 6) is 0.195. The van der Waals surface area contributed by atoms with Crippen molar-refractivity contribution in [3.8, 4) is 5.75 Å². The number of hydrogen-bond acceptors (Lipinski definition) is 4. The highest BCUT2D eigenvalue weighted by molar-refractivity contribution is 5.83. The average Bonchev–Trinajstić information content (AvgIpc) is 2.29. The van der Waals surface area contributed by atoms with E-state index in [0.717, 1.165) is 5.52 Å². The molecule has 0 fully saturated rings. The molecule has 0 atom stereocenters. The molecule has 2 heterocycles. The van der Waals surface area contributed by atoms with Gasteiger partial charge in [-0.1, -0.05) is 6.92 Å². The third kappa shape index (κ3) is 1.93. The zero-order chi connectivity index (χ0) is 10.7. The predicted molar refractivity (Wildman–Crippen MR) is 55.5 cm³/mol. The van der Waals surface area contributed by atoms with Crippen molar-refractivity contribution in [2.24, 2.45) is 0 Å². The van der Waals surface area contributed by atoms with Crippen molar-refractivity contribution in [3.05, 3.63) is 30.6 Å². The molecule has 0 spiro atoms. The minimum atomic E-state index is -0.270. The van der Waals surface area contributed by atoms with Crippen LogP contribution in [-0.4, -0.2) is 15.9 Å². The van der Waals surface area contributed by atoms with Crippen LogP contribution in [0.4, 0.5) is 0 Å². The summed E-state index contributed by atoms with van der Waals surface area (Å²) >= 11 is 0. The fourth-order valence-corrected chi connectivity index (χ4v) is 1.23. The molecule has 0 radical (unpaired) electrons. The Morgan fingerprint density at radius 2 is 2.20 bits per heavy atom. The zero-order valence-corrected chi connectivity index (χ0v) is 8.30. The van der Waals surface area contributed by atoms with E-state index < -0.39 is 0 Å². The number of hydrogen-bond donors (Lipinski definition) is 0. The first kappa shape index (κ1) is 9.58. The summed E-state index contributed by atoms with van der Waals surface area (Å²) in [4.78, 5) is 19.4. The lowest BCUT2D eigenvalue weighted by Gasteiger charge is -2.04. The van der Waals surface area contributed by atoms with Crippen LogP contribution in [0.5, 0.6) is 5.75 Å². The van der Waals surface area contributed by atoms with E-state index in [1.54, 1.807) is 31.5 Å². The van der Waals surface area contributed by atoms with Crippen molar-refractivity contribution < 1.29 is 9.53 Å². The van der Waals surface area contributed by atoms with Crippen LogP contribution in [0, 0.1) is 0 Å². The minimum Gasteiger partial charge on any atom is -0.424 e. The van der Waals surface area contributed by atoms with Gasteiger partial charge >= 0.3 is 5.97 Å². The molecule has 0 aromatic carbocycles. The Morgan fingerprint density at radius 1 is 1.33 bits per heavy atom. The first-order valence-electron chi connectivity index (χ1n) is 4.71. The van der Waals surface area contributed by atoms with Crippen LogP contribution < -0.4 is 4.74 Å². The molecular formula is C11H10N2O2. The largest absolute Gasteiger partial charge is 0.424 e. The average molecular weight is 202 g/mol. The maximum Gasteiger partial charge on any atom is 0.310 e. The van der Waals surface area contributed by atoms with Gasteiger partial charge in [0.15, 0.2) is 5.75 Å². The summed E-state index contributed by atoms with van der Waals surface area (Å²) in [6.07, 6.45) is 3.59. The van der Waals surface area contributed by atoms with Gasteiger partial charge in [-0.15, -0.1) is 0 Å². The maximum absolute atomic E-state index is 11.2. The van der Waals surface area contributed by atoms with Crippen LogP contribution in [-0.2, 0) is 4.79 Å². The second kappa shape index (κ2) is 4.04. The number of esters is 1. The molecule has 0 aliphatic rings. The van der Waals surface area contributed by atoms with E-state index in [4.69, 9.17) is 4.74 Å². The van der Waals surface area contributed by atoms with Gasteiger partial charge in [-0.25, -0.2) is 0 Å². The molecule has 2 aromatic rings. The number of rotatable bonds is 2. The molecule has 2 rings (SSSR count). The van der Waals surface area contributed by atoms with Crippen LogP contribution in [0.1, 0.15) is 13.3 Å². The molecule has 4 nitrogen and oxygen atoms in total. The number of nitrogens with zero attached hydrogens (tertiary/aromatic N) is 2. The molecule has 0 aliphatic heterocycles. The summed E-state index contributed by atoms with van der Waals surface area (Å²) in [5.41, 5.74) is 1.33. The van der Waals surface area contributed by atoms with Gasteiger partial charge in [0.05, 0.1) is 5.52 Å². The van der Waals surface area contributed by atoms with E-state index in [1.807, 2.05) is 6.07 Å². The molecule has 0 amide bonds. The third-order valence-corrected chi connectivity index (χ3v) is 1.97. The molecule has 0 saturated carbocycles. The molecule has 0 bridgehead atoms. The molecule has 15 heavy (non-hydrogen) atoms. The summed E-state index contributed by atoms with van der Waals surface area (Å²) in [6, 6.07) is 5.26. The standard InChI is InChI=1S/C11H10N2O2/c1-2-10(14)15-9-5-7-12-8-4-3-6-13-11(8)9/h3-7H,2H2,1H3. The van der Waals surface area contributed by atoms with Crippen LogP contribution in [0.15, 0.2) is 30.6 Å². The van der Waals surface area contributed by atoms with Crippen molar-refractivity contribution >= 4 is 17.0 Å². The Kier molecular flexibility index (Phi) is 2.58. The van der Waals surface area contributed by atoms with E-state index in [2.05, 4.69) is 9.97 Å². The van der Waals surface area contributed by atoms with Gasteiger partial charge in [-0.05, 0) is 12.1 Å². The Balaban J connectivity index is 2.46. The fourth-order valence-electron chi connectivity index (χ4n) is 1.23. The van der Waals surface area contributed by atoms with E-state index in [0.29, 0.717) is 17.7 Å². The predicted octanol–water partition coefficient (Wildman–Crippen LogP) is 1.95. The number of carbonyl (C=O) groups excluding carboxylic acids is 1. The maximum atomic E-state index is 11.2. The lowest BCUT2D eigenvalue weighted by Crippen LogP contribution is -2.06. The number of pyridine rings is 2. The number of carbonyl (C=O) groups is 1. The summed E-state index contributed by atoms with van der Waals surface area (Å²) in [7, 11) is 0. The van der Waals surface area contributed by atoms with Crippen LogP contribution in [0.3, 0.4) is 0 Å². The monoisotopic (exact) mass is 202 g/mol. The quantitative estimate of drug-likeness (QED) is 0.698. The Hall–Kier alpha value is -1.97. The SMILES string of the molecule is CCC(=O)Oc1ccnc2cccnc12. The minimum absolute atomic E-state index is 0.270. The van der Waals surface area contributed by atoms with Gasteiger partial charge in [0, 0.05) is 24.9 Å². The van der Waals surface area contributed by atoms with Gasteiger partial charge in [-0.2, -0.15) is 0 Å². The Labute approximate surface area is 86.9 Å². The van der Waals surface area contributed by atoms with Gasteiger partial charge in [0.1, 0.15) is 5.52 Å². The lowest BCUT2D eigenvalue weighted by atomic mass is 10.3. The van der Waals surface area contributed by atoms with E-state index in [1.165, 1.54) is 0 Å². The molecule has 0 aliphatic carbocycles. The Bertz CT molecular complexity index is 491. The lowest BCUT2D eigenvalue weighted by molar-refractivity contribution is -0.133. The smallest absolute Gasteiger partial charge is 0.310 e. The molecule has 0 N–H and O–H groups in total. The normalized spacial score (nSPS) is 10.2. The second-order valence-electron chi connectivity index (χ2n) is 3.01. The van der Waals surface area contributed by atoms with Gasteiger partial charge in [0.2, 0.25) is 0 Å². The fraction of sp³-hybridized carbons (Fsp3) is 0.182. The van der Waals surface area contributed by atoms with Crippen LogP contribution in [0.2, 0.25) is 0 Å². The van der Waals surface area contributed by atoms with Gasteiger partial charge in [-0.3, -0.25) is 14.8 Å². The number of aromatic nitrogens is 2. The third-order valence-electron chi connectivity index (χ3n) is 1.97. The zero-order valence-electron chi connectivity index (χ0n) is 8.30. The Morgan fingerprint density at radius 3 is 3.00 bits per heavy atom. The summed E-state index contributed by atoms with van der Waals surface area (Å²) in [6.45, 7) is 1.75. The van der Waals surface area contributed by atoms with E-state index in [-0.39, 0.29) is 5.97 Å². The van der Waals surface area contributed by atoms with Crippen molar-refractivity contribution in [1.82, 2.24) is 9.97 Å². The molecule has 0 unspecified atom stereocenters. The highest BCUT2D eigenvalue weighted by Gasteiger charge is 2.07. The van der Waals surface area contributed by atoms with Gasteiger partial charge < -0.3 is 4.74 Å². The first-order valence-corrected chi connectivity index (χ1v) is 4.71. The van der Waals surface area contributed by atoms with E-state index in [9.17, 15) is 4.79 Å².